The van der Waals surface area contributed by atoms with Gasteiger partial charge in [-0.3, -0.25) is 4.79 Å². The molecule has 0 unspecified atom stereocenters. The fourth-order valence-electron chi connectivity index (χ4n) is 1.26. The van der Waals surface area contributed by atoms with E-state index in [9.17, 15) is 4.79 Å². The molecule has 3 nitrogen and oxygen atoms in total. The first kappa shape index (κ1) is 13.4. The molecule has 1 N–H and O–H groups in total. The van der Waals surface area contributed by atoms with Crippen molar-refractivity contribution in [3.63, 3.8) is 0 Å². The monoisotopic (exact) mass is 201 g/mol. The van der Waals surface area contributed by atoms with Crippen molar-refractivity contribution in [2.24, 2.45) is 0 Å². The second-order valence-electron chi connectivity index (χ2n) is 3.42. The summed E-state index contributed by atoms with van der Waals surface area (Å²) in [5, 5.41) is 3.36. The molecule has 0 heterocycles. The Balaban J connectivity index is 3.61. The standard InChI is InChI=1S/C11H23NO2/c1-4-7-8-12-10(5-2)9-11(13)14-6-3/h10,12H,4-9H2,1-3H3/t10-/m0/s1. The summed E-state index contributed by atoms with van der Waals surface area (Å²) in [6.45, 7) is 7.55. The summed E-state index contributed by atoms with van der Waals surface area (Å²) in [5.74, 6) is -0.0941. The summed E-state index contributed by atoms with van der Waals surface area (Å²) < 4.78 is 4.90. The molecular formula is C11H23NO2. The minimum Gasteiger partial charge on any atom is -0.466 e. The summed E-state index contributed by atoms with van der Waals surface area (Å²) in [5.41, 5.74) is 0. The van der Waals surface area contributed by atoms with Crippen LogP contribution in [0.1, 0.15) is 46.5 Å². The van der Waals surface area contributed by atoms with E-state index < -0.39 is 0 Å². The number of rotatable bonds is 8. The Morgan fingerprint density at radius 1 is 1.36 bits per heavy atom. The van der Waals surface area contributed by atoms with Crippen LogP contribution in [0, 0.1) is 0 Å². The van der Waals surface area contributed by atoms with E-state index in [1.807, 2.05) is 6.92 Å². The Morgan fingerprint density at radius 2 is 2.07 bits per heavy atom. The van der Waals surface area contributed by atoms with Crippen molar-refractivity contribution >= 4 is 5.97 Å². The van der Waals surface area contributed by atoms with Gasteiger partial charge in [-0.1, -0.05) is 20.3 Å². The van der Waals surface area contributed by atoms with Crippen LogP contribution in [0.2, 0.25) is 0 Å². The SMILES string of the molecule is CCCCN[C@@H](CC)CC(=O)OCC. The first-order valence-corrected chi connectivity index (χ1v) is 5.63. The molecule has 0 aromatic carbocycles. The molecule has 0 rings (SSSR count). The smallest absolute Gasteiger partial charge is 0.307 e. The van der Waals surface area contributed by atoms with Crippen LogP contribution >= 0.6 is 0 Å². The van der Waals surface area contributed by atoms with Gasteiger partial charge in [0.05, 0.1) is 13.0 Å². The van der Waals surface area contributed by atoms with Crippen LogP contribution in [-0.4, -0.2) is 25.2 Å². The average Bonchev–Trinajstić information content (AvgIpc) is 2.17. The number of hydrogen-bond donors (Lipinski definition) is 1. The van der Waals surface area contributed by atoms with Gasteiger partial charge < -0.3 is 10.1 Å². The molecule has 3 heteroatoms. The zero-order chi connectivity index (χ0) is 10.8. The van der Waals surface area contributed by atoms with Crippen LogP contribution in [-0.2, 0) is 9.53 Å². The van der Waals surface area contributed by atoms with Crippen LogP contribution < -0.4 is 5.32 Å². The van der Waals surface area contributed by atoms with Crippen molar-refractivity contribution in [1.29, 1.82) is 0 Å². The van der Waals surface area contributed by atoms with Gasteiger partial charge in [-0.05, 0) is 26.3 Å². The van der Waals surface area contributed by atoms with E-state index in [1.54, 1.807) is 0 Å². The van der Waals surface area contributed by atoms with E-state index in [4.69, 9.17) is 4.74 Å². The minimum atomic E-state index is -0.0941. The Hall–Kier alpha value is -0.570. The number of esters is 1. The van der Waals surface area contributed by atoms with Crippen LogP contribution in [0.4, 0.5) is 0 Å². The molecule has 0 aliphatic heterocycles. The van der Waals surface area contributed by atoms with Crippen LogP contribution in [0.3, 0.4) is 0 Å². The minimum absolute atomic E-state index is 0.0941. The summed E-state index contributed by atoms with van der Waals surface area (Å²) in [7, 11) is 0. The highest BCUT2D eigenvalue weighted by atomic mass is 16.5. The molecule has 0 spiro atoms. The maximum atomic E-state index is 11.2. The van der Waals surface area contributed by atoms with Crippen LogP contribution in [0.25, 0.3) is 0 Å². The molecule has 14 heavy (non-hydrogen) atoms. The third kappa shape index (κ3) is 6.89. The number of nitrogens with one attached hydrogen (secondary N) is 1. The van der Waals surface area contributed by atoms with E-state index in [-0.39, 0.29) is 12.0 Å². The molecule has 1 atom stereocenters. The lowest BCUT2D eigenvalue weighted by Gasteiger charge is -2.15. The van der Waals surface area contributed by atoms with E-state index in [0.717, 1.165) is 13.0 Å². The maximum Gasteiger partial charge on any atom is 0.307 e. The zero-order valence-corrected chi connectivity index (χ0v) is 9.64. The lowest BCUT2D eigenvalue weighted by atomic mass is 10.1. The van der Waals surface area contributed by atoms with Crippen molar-refractivity contribution in [3.8, 4) is 0 Å². The van der Waals surface area contributed by atoms with E-state index >= 15 is 0 Å². The quantitative estimate of drug-likeness (QED) is 0.483. The highest BCUT2D eigenvalue weighted by Crippen LogP contribution is 2.00. The molecule has 0 radical (unpaired) electrons. The topological polar surface area (TPSA) is 38.3 Å². The van der Waals surface area contributed by atoms with Gasteiger partial charge in [0, 0.05) is 6.04 Å². The first-order chi connectivity index (χ1) is 6.74. The summed E-state index contributed by atoms with van der Waals surface area (Å²) in [4.78, 5) is 11.2. The molecule has 0 saturated heterocycles. The van der Waals surface area contributed by atoms with Gasteiger partial charge in [0.15, 0.2) is 0 Å². The largest absolute Gasteiger partial charge is 0.466 e. The lowest BCUT2D eigenvalue weighted by Crippen LogP contribution is -2.32. The summed E-state index contributed by atoms with van der Waals surface area (Å²) >= 11 is 0. The molecule has 84 valence electrons. The molecular weight excluding hydrogens is 178 g/mol. The second-order valence-corrected chi connectivity index (χ2v) is 3.42. The Labute approximate surface area is 87.2 Å². The van der Waals surface area contributed by atoms with Crippen molar-refractivity contribution in [3.05, 3.63) is 0 Å². The third-order valence-corrected chi connectivity index (χ3v) is 2.17. The number of carbonyl (C=O) groups is 1. The molecule has 0 aliphatic rings. The molecule has 0 aromatic rings. The predicted molar refractivity (Wildman–Crippen MR) is 58.2 cm³/mol. The number of carbonyl (C=O) groups excluding carboxylic acids is 1. The highest BCUT2D eigenvalue weighted by Gasteiger charge is 2.11. The van der Waals surface area contributed by atoms with Gasteiger partial charge >= 0.3 is 5.97 Å². The number of hydrogen-bond acceptors (Lipinski definition) is 3. The van der Waals surface area contributed by atoms with Crippen molar-refractivity contribution in [2.75, 3.05) is 13.2 Å². The van der Waals surface area contributed by atoms with Crippen LogP contribution in [0.5, 0.6) is 0 Å². The van der Waals surface area contributed by atoms with Crippen molar-refractivity contribution < 1.29 is 9.53 Å². The van der Waals surface area contributed by atoms with E-state index in [2.05, 4.69) is 19.2 Å². The molecule has 0 aromatic heterocycles. The molecule has 0 saturated carbocycles. The van der Waals surface area contributed by atoms with Gasteiger partial charge in [0.25, 0.3) is 0 Å². The van der Waals surface area contributed by atoms with Gasteiger partial charge in [-0.2, -0.15) is 0 Å². The maximum absolute atomic E-state index is 11.2. The fourth-order valence-corrected chi connectivity index (χ4v) is 1.26. The lowest BCUT2D eigenvalue weighted by molar-refractivity contribution is -0.143. The first-order valence-electron chi connectivity index (χ1n) is 5.63. The van der Waals surface area contributed by atoms with Gasteiger partial charge in [0.2, 0.25) is 0 Å². The normalized spacial score (nSPS) is 12.5. The third-order valence-electron chi connectivity index (χ3n) is 2.17. The molecule has 0 aliphatic carbocycles. The van der Waals surface area contributed by atoms with E-state index in [0.29, 0.717) is 13.0 Å². The predicted octanol–water partition coefficient (Wildman–Crippen LogP) is 2.11. The number of unbranched alkanes of at least 4 members (excludes halogenated alkanes) is 1. The molecule has 0 fully saturated rings. The Morgan fingerprint density at radius 3 is 2.57 bits per heavy atom. The zero-order valence-electron chi connectivity index (χ0n) is 9.64. The average molecular weight is 201 g/mol. The second kappa shape index (κ2) is 9.00. The Bertz CT molecular complexity index is 148. The highest BCUT2D eigenvalue weighted by molar-refractivity contribution is 5.70. The van der Waals surface area contributed by atoms with Crippen LogP contribution in [0.15, 0.2) is 0 Å². The van der Waals surface area contributed by atoms with E-state index in [1.165, 1.54) is 12.8 Å². The molecule has 0 amide bonds. The number of ether oxygens (including phenoxy) is 1. The molecule has 0 bridgehead atoms. The van der Waals surface area contributed by atoms with Gasteiger partial charge in [-0.25, -0.2) is 0 Å². The Kier molecular flexibility index (Phi) is 8.64. The fraction of sp³-hybridized carbons (Fsp3) is 0.909. The van der Waals surface area contributed by atoms with Crippen molar-refractivity contribution in [2.45, 2.75) is 52.5 Å². The van der Waals surface area contributed by atoms with Crippen molar-refractivity contribution in [1.82, 2.24) is 5.32 Å². The summed E-state index contributed by atoms with van der Waals surface area (Å²) in [6.07, 6.45) is 3.82. The van der Waals surface area contributed by atoms with Gasteiger partial charge in [0.1, 0.15) is 0 Å². The summed E-state index contributed by atoms with van der Waals surface area (Å²) in [6, 6.07) is 0.278. The van der Waals surface area contributed by atoms with Gasteiger partial charge in [-0.15, -0.1) is 0 Å².